The lowest BCUT2D eigenvalue weighted by atomic mass is 9.68. The van der Waals surface area contributed by atoms with Gasteiger partial charge in [0.25, 0.3) is 0 Å². The third kappa shape index (κ3) is 3.06. The van der Waals surface area contributed by atoms with Crippen molar-refractivity contribution in [2.75, 3.05) is 25.0 Å². The van der Waals surface area contributed by atoms with Crippen molar-refractivity contribution in [3.05, 3.63) is 29.8 Å². The largest absolute Gasteiger partial charge is 0.347 e. The third-order valence-electron chi connectivity index (χ3n) is 4.83. The van der Waals surface area contributed by atoms with Crippen molar-refractivity contribution in [2.45, 2.75) is 31.6 Å². The summed E-state index contributed by atoms with van der Waals surface area (Å²) in [5.74, 6) is -0.227. The van der Waals surface area contributed by atoms with E-state index in [-0.39, 0.29) is 29.7 Å². The zero-order valence-electron chi connectivity index (χ0n) is 13.2. The summed E-state index contributed by atoms with van der Waals surface area (Å²) in [7, 11) is 0. The van der Waals surface area contributed by atoms with Gasteiger partial charge in [0.05, 0.1) is 6.54 Å². The van der Waals surface area contributed by atoms with Crippen LogP contribution in [-0.4, -0.2) is 42.3 Å². The van der Waals surface area contributed by atoms with Crippen molar-refractivity contribution in [3.8, 4) is 0 Å². The minimum atomic E-state index is -0.204. The summed E-state index contributed by atoms with van der Waals surface area (Å²) in [6, 6.07) is 7.92. The van der Waals surface area contributed by atoms with Gasteiger partial charge in [-0.1, -0.05) is 18.2 Å². The van der Waals surface area contributed by atoms with E-state index in [1.807, 2.05) is 18.2 Å². The minimum Gasteiger partial charge on any atom is -0.347 e. The minimum absolute atomic E-state index is 0.0411. The molecular formula is C17H21N3O3. The highest BCUT2D eigenvalue weighted by Gasteiger charge is 2.42. The standard InChI is InChI=1S/C17H21N3O3/c1-12(21)18-11-16(23)20-8-6-17(7-9-20)10-15(22)19-14-5-3-2-4-13(14)17/h2-5H,6-11H2,1H3,(H,18,21)(H,19,22). The van der Waals surface area contributed by atoms with E-state index in [1.54, 1.807) is 4.90 Å². The molecule has 0 saturated carbocycles. The summed E-state index contributed by atoms with van der Waals surface area (Å²) in [4.78, 5) is 36.9. The monoisotopic (exact) mass is 315 g/mol. The topological polar surface area (TPSA) is 78.5 Å². The maximum absolute atomic E-state index is 12.1. The fourth-order valence-corrected chi connectivity index (χ4v) is 3.59. The molecule has 0 unspecified atom stereocenters. The van der Waals surface area contributed by atoms with Crippen molar-refractivity contribution in [1.82, 2.24) is 10.2 Å². The maximum atomic E-state index is 12.1. The van der Waals surface area contributed by atoms with Crippen LogP contribution in [0.1, 0.15) is 31.7 Å². The Kier molecular flexibility index (Phi) is 4.07. The molecule has 6 heteroatoms. The number of hydrogen-bond acceptors (Lipinski definition) is 3. The number of nitrogens with zero attached hydrogens (tertiary/aromatic N) is 1. The molecule has 2 aliphatic rings. The molecule has 0 atom stereocenters. The first kappa shape index (κ1) is 15.5. The second-order valence-electron chi connectivity index (χ2n) is 6.34. The molecule has 2 aliphatic heterocycles. The van der Waals surface area contributed by atoms with Crippen LogP contribution < -0.4 is 10.6 Å². The van der Waals surface area contributed by atoms with Gasteiger partial charge in [-0.05, 0) is 24.5 Å². The molecule has 2 N–H and O–H groups in total. The van der Waals surface area contributed by atoms with Crippen molar-refractivity contribution in [2.24, 2.45) is 0 Å². The number of carbonyl (C=O) groups is 3. The van der Waals surface area contributed by atoms with Crippen LogP contribution >= 0.6 is 0 Å². The molecule has 2 heterocycles. The number of fused-ring (bicyclic) bond motifs is 2. The summed E-state index contributed by atoms with van der Waals surface area (Å²) < 4.78 is 0. The highest BCUT2D eigenvalue weighted by Crippen LogP contribution is 2.44. The van der Waals surface area contributed by atoms with E-state index in [1.165, 1.54) is 12.5 Å². The fourth-order valence-electron chi connectivity index (χ4n) is 3.59. The van der Waals surface area contributed by atoms with Crippen LogP contribution in [0, 0.1) is 0 Å². The SMILES string of the molecule is CC(=O)NCC(=O)N1CCC2(CC1)CC(=O)Nc1ccccc12. The molecule has 6 nitrogen and oxygen atoms in total. The molecule has 1 saturated heterocycles. The van der Waals surface area contributed by atoms with Crippen molar-refractivity contribution < 1.29 is 14.4 Å². The molecule has 0 aliphatic carbocycles. The first-order valence-corrected chi connectivity index (χ1v) is 7.92. The number of piperidine rings is 1. The highest BCUT2D eigenvalue weighted by atomic mass is 16.2. The Morgan fingerprint density at radius 1 is 1.26 bits per heavy atom. The number of rotatable bonds is 2. The van der Waals surface area contributed by atoms with E-state index < -0.39 is 0 Å². The average molecular weight is 315 g/mol. The Morgan fingerprint density at radius 3 is 2.65 bits per heavy atom. The number of anilines is 1. The molecule has 1 aromatic rings. The smallest absolute Gasteiger partial charge is 0.241 e. The average Bonchev–Trinajstić information content (AvgIpc) is 2.53. The Morgan fingerprint density at radius 2 is 1.96 bits per heavy atom. The van der Waals surface area contributed by atoms with Crippen molar-refractivity contribution in [1.29, 1.82) is 0 Å². The van der Waals surface area contributed by atoms with Crippen LogP contribution in [0.5, 0.6) is 0 Å². The lowest BCUT2D eigenvalue weighted by Crippen LogP contribution is -2.50. The van der Waals surface area contributed by atoms with Gasteiger partial charge in [-0.15, -0.1) is 0 Å². The first-order chi connectivity index (χ1) is 11.0. The van der Waals surface area contributed by atoms with E-state index in [0.717, 1.165) is 18.5 Å². The Labute approximate surface area is 135 Å². The van der Waals surface area contributed by atoms with Gasteiger partial charge in [-0.25, -0.2) is 0 Å². The second-order valence-corrected chi connectivity index (χ2v) is 6.34. The Hall–Kier alpha value is -2.37. The van der Waals surface area contributed by atoms with E-state index >= 15 is 0 Å². The number of carbonyl (C=O) groups excluding carboxylic acids is 3. The van der Waals surface area contributed by atoms with Gasteiger partial charge >= 0.3 is 0 Å². The molecule has 0 radical (unpaired) electrons. The number of likely N-dealkylation sites (tertiary alicyclic amines) is 1. The molecule has 3 amide bonds. The normalized spacial score (nSPS) is 19.0. The van der Waals surface area contributed by atoms with Crippen LogP contribution in [0.2, 0.25) is 0 Å². The van der Waals surface area contributed by atoms with Crippen LogP contribution in [0.3, 0.4) is 0 Å². The van der Waals surface area contributed by atoms with E-state index in [2.05, 4.69) is 16.7 Å². The van der Waals surface area contributed by atoms with E-state index in [9.17, 15) is 14.4 Å². The van der Waals surface area contributed by atoms with Crippen LogP contribution in [0.15, 0.2) is 24.3 Å². The van der Waals surface area contributed by atoms with Gasteiger partial charge in [-0.3, -0.25) is 14.4 Å². The third-order valence-corrected chi connectivity index (χ3v) is 4.83. The van der Waals surface area contributed by atoms with E-state index in [4.69, 9.17) is 0 Å². The Balaban J connectivity index is 1.72. The van der Waals surface area contributed by atoms with Gasteiger partial charge in [0.15, 0.2) is 0 Å². The van der Waals surface area contributed by atoms with Crippen molar-refractivity contribution >= 4 is 23.4 Å². The van der Waals surface area contributed by atoms with Gasteiger partial charge < -0.3 is 15.5 Å². The van der Waals surface area contributed by atoms with E-state index in [0.29, 0.717) is 19.5 Å². The molecule has 0 bridgehead atoms. The summed E-state index contributed by atoms with van der Waals surface area (Å²) in [6.45, 7) is 2.66. The maximum Gasteiger partial charge on any atom is 0.241 e. The predicted octanol–water partition coefficient (Wildman–Crippen LogP) is 1.03. The second kappa shape index (κ2) is 6.02. The summed E-state index contributed by atoms with van der Waals surface area (Å²) in [6.07, 6.45) is 2.00. The number of amides is 3. The molecule has 122 valence electrons. The van der Waals surface area contributed by atoms with Gasteiger partial charge in [0.2, 0.25) is 17.7 Å². The summed E-state index contributed by atoms with van der Waals surface area (Å²) in [5.41, 5.74) is 1.89. The molecule has 23 heavy (non-hydrogen) atoms. The van der Waals surface area contributed by atoms with Gasteiger partial charge in [-0.2, -0.15) is 0 Å². The number of para-hydroxylation sites is 1. The zero-order valence-corrected chi connectivity index (χ0v) is 13.2. The lowest BCUT2D eigenvalue weighted by Gasteiger charge is -2.44. The van der Waals surface area contributed by atoms with Crippen LogP contribution in [0.4, 0.5) is 5.69 Å². The zero-order chi connectivity index (χ0) is 16.4. The molecule has 3 rings (SSSR count). The molecule has 1 spiro atoms. The molecular weight excluding hydrogens is 294 g/mol. The van der Waals surface area contributed by atoms with Gasteiger partial charge in [0, 0.05) is 37.5 Å². The molecule has 1 aromatic carbocycles. The summed E-state index contributed by atoms with van der Waals surface area (Å²) >= 11 is 0. The number of hydrogen-bond donors (Lipinski definition) is 2. The lowest BCUT2D eigenvalue weighted by molar-refractivity contribution is -0.134. The predicted molar refractivity (Wildman–Crippen MR) is 85.9 cm³/mol. The highest BCUT2D eigenvalue weighted by molar-refractivity contribution is 5.95. The quantitative estimate of drug-likeness (QED) is 0.855. The Bertz CT molecular complexity index is 648. The molecule has 1 fully saturated rings. The van der Waals surface area contributed by atoms with Crippen LogP contribution in [-0.2, 0) is 19.8 Å². The van der Waals surface area contributed by atoms with Crippen LogP contribution in [0.25, 0.3) is 0 Å². The number of nitrogens with one attached hydrogen (secondary N) is 2. The number of benzene rings is 1. The van der Waals surface area contributed by atoms with Crippen molar-refractivity contribution in [3.63, 3.8) is 0 Å². The summed E-state index contributed by atoms with van der Waals surface area (Å²) in [5, 5.41) is 5.47. The fraction of sp³-hybridized carbons (Fsp3) is 0.471. The first-order valence-electron chi connectivity index (χ1n) is 7.92. The molecule has 0 aromatic heterocycles. The van der Waals surface area contributed by atoms with Gasteiger partial charge in [0.1, 0.15) is 0 Å².